The highest BCUT2D eigenvalue weighted by Gasteiger charge is 2.27. The van der Waals surface area contributed by atoms with Gasteiger partial charge in [0.05, 0.1) is 12.5 Å². The summed E-state index contributed by atoms with van der Waals surface area (Å²) in [4.78, 5) is 13.9. The van der Waals surface area contributed by atoms with Crippen LogP contribution in [0.1, 0.15) is 20.3 Å². The van der Waals surface area contributed by atoms with Crippen LogP contribution in [0.25, 0.3) is 0 Å². The number of rotatable bonds is 5. The summed E-state index contributed by atoms with van der Waals surface area (Å²) in [5.74, 6) is 0.682. The van der Waals surface area contributed by atoms with E-state index in [-0.39, 0.29) is 11.8 Å². The third kappa shape index (κ3) is 3.47. The minimum absolute atomic E-state index is 0.0786. The van der Waals surface area contributed by atoms with Crippen LogP contribution in [0.3, 0.4) is 0 Å². The highest BCUT2D eigenvalue weighted by atomic mass is 16.5. The Labute approximate surface area is 91.8 Å². The molecule has 1 aliphatic heterocycles. The summed E-state index contributed by atoms with van der Waals surface area (Å²) in [6, 6.07) is 0. The van der Waals surface area contributed by atoms with Crippen molar-refractivity contribution in [3.63, 3.8) is 0 Å². The SMILES string of the molecule is CCN(CC(C)CN)C(=O)C1CCOC1. The molecule has 0 bridgehead atoms. The van der Waals surface area contributed by atoms with Crippen LogP contribution in [0.4, 0.5) is 0 Å². The smallest absolute Gasteiger partial charge is 0.228 e. The van der Waals surface area contributed by atoms with Crippen LogP contribution in [0.2, 0.25) is 0 Å². The van der Waals surface area contributed by atoms with Crippen LogP contribution in [0, 0.1) is 11.8 Å². The number of ether oxygens (including phenoxy) is 1. The van der Waals surface area contributed by atoms with E-state index in [1.54, 1.807) is 0 Å². The Kier molecular flexibility index (Phi) is 5.05. The molecule has 0 aromatic heterocycles. The van der Waals surface area contributed by atoms with Gasteiger partial charge in [-0.05, 0) is 25.8 Å². The number of carbonyl (C=O) groups is 1. The Bertz CT molecular complexity index is 203. The predicted octanol–water partition coefficient (Wildman–Crippen LogP) is 0.466. The quantitative estimate of drug-likeness (QED) is 0.723. The molecular weight excluding hydrogens is 192 g/mol. The van der Waals surface area contributed by atoms with E-state index < -0.39 is 0 Å². The third-order valence-corrected chi connectivity index (χ3v) is 2.91. The molecule has 4 heteroatoms. The van der Waals surface area contributed by atoms with Gasteiger partial charge in [0.15, 0.2) is 0 Å². The van der Waals surface area contributed by atoms with E-state index in [0.29, 0.717) is 19.1 Å². The third-order valence-electron chi connectivity index (χ3n) is 2.91. The maximum absolute atomic E-state index is 12.0. The fourth-order valence-electron chi connectivity index (χ4n) is 1.81. The summed E-state index contributed by atoms with van der Waals surface area (Å²) in [6.45, 7) is 7.55. The van der Waals surface area contributed by atoms with Gasteiger partial charge in [-0.1, -0.05) is 6.92 Å². The Morgan fingerprint density at radius 2 is 2.40 bits per heavy atom. The summed E-state index contributed by atoms with van der Waals surface area (Å²) >= 11 is 0. The van der Waals surface area contributed by atoms with Gasteiger partial charge in [-0.15, -0.1) is 0 Å². The van der Waals surface area contributed by atoms with Crippen molar-refractivity contribution >= 4 is 5.91 Å². The lowest BCUT2D eigenvalue weighted by Crippen LogP contribution is -2.40. The molecule has 1 rings (SSSR count). The zero-order chi connectivity index (χ0) is 11.3. The molecule has 4 nitrogen and oxygen atoms in total. The second kappa shape index (κ2) is 6.08. The number of carbonyl (C=O) groups excluding carboxylic acids is 1. The molecule has 2 unspecified atom stereocenters. The van der Waals surface area contributed by atoms with Gasteiger partial charge >= 0.3 is 0 Å². The van der Waals surface area contributed by atoms with Crippen molar-refractivity contribution in [3.8, 4) is 0 Å². The van der Waals surface area contributed by atoms with Gasteiger partial charge in [-0.25, -0.2) is 0 Å². The number of nitrogens with zero attached hydrogens (tertiary/aromatic N) is 1. The zero-order valence-electron chi connectivity index (χ0n) is 9.74. The molecule has 15 heavy (non-hydrogen) atoms. The molecule has 2 N–H and O–H groups in total. The molecule has 88 valence electrons. The van der Waals surface area contributed by atoms with E-state index in [9.17, 15) is 4.79 Å². The van der Waals surface area contributed by atoms with Gasteiger partial charge < -0.3 is 15.4 Å². The lowest BCUT2D eigenvalue weighted by molar-refractivity contribution is -0.135. The standard InChI is InChI=1S/C11H22N2O2/c1-3-13(7-9(2)6-12)11(14)10-4-5-15-8-10/h9-10H,3-8,12H2,1-2H3. The maximum Gasteiger partial charge on any atom is 0.228 e. The van der Waals surface area contributed by atoms with Gasteiger partial charge in [0.1, 0.15) is 0 Å². The molecular formula is C11H22N2O2. The Morgan fingerprint density at radius 1 is 1.67 bits per heavy atom. The minimum Gasteiger partial charge on any atom is -0.381 e. The van der Waals surface area contributed by atoms with Crippen LogP contribution in [0.5, 0.6) is 0 Å². The zero-order valence-corrected chi connectivity index (χ0v) is 9.74. The highest BCUT2D eigenvalue weighted by molar-refractivity contribution is 5.79. The summed E-state index contributed by atoms with van der Waals surface area (Å²) in [5, 5.41) is 0. The number of hydrogen-bond donors (Lipinski definition) is 1. The fraction of sp³-hybridized carbons (Fsp3) is 0.909. The average molecular weight is 214 g/mol. The molecule has 1 aliphatic rings. The molecule has 1 heterocycles. The molecule has 0 spiro atoms. The molecule has 0 aromatic rings. The summed E-state index contributed by atoms with van der Waals surface area (Å²) in [7, 11) is 0. The predicted molar refractivity (Wildman–Crippen MR) is 59.4 cm³/mol. The largest absolute Gasteiger partial charge is 0.381 e. The van der Waals surface area contributed by atoms with Crippen molar-refractivity contribution in [1.29, 1.82) is 0 Å². The van der Waals surface area contributed by atoms with Crippen molar-refractivity contribution in [1.82, 2.24) is 4.90 Å². The van der Waals surface area contributed by atoms with Gasteiger partial charge in [0.25, 0.3) is 0 Å². The molecule has 0 radical (unpaired) electrons. The van der Waals surface area contributed by atoms with Gasteiger partial charge in [-0.2, -0.15) is 0 Å². The van der Waals surface area contributed by atoms with Crippen molar-refractivity contribution in [2.75, 3.05) is 32.8 Å². The van der Waals surface area contributed by atoms with Crippen LogP contribution in [-0.4, -0.2) is 43.7 Å². The molecule has 0 aromatic carbocycles. The van der Waals surface area contributed by atoms with Crippen molar-refractivity contribution in [2.45, 2.75) is 20.3 Å². The highest BCUT2D eigenvalue weighted by Crippen LogP contribution is 2.16. The van der Waals surface area contributed by atoms with Crippen LogP contribution < -0.4 is 5.73 Å². The first-order valence-electron chi connectivity index (χ1n) is 5.75. The topological polar surface area (TPSA) is 55.6 Å². The van der Waals surface area contributed by atoms with E-state index in [0.717, 1.165) is 26.1 Å². The summed E-state index contributed by atoms with van der Waals surface area (Å²) < 4.78 is 5.23. The Morgan fingerprint density at radius 3 is 2.87 bits per heavy atom. The van der Waals surface area contributed by atoms with Gasteiger partial charge in [0.2, 0.25) is 5.91 Å². The Hall–Kier alpha value is -0.610. The minimum atomic E-state index is 0.0786. The van der Waals surface area contributed by atoms with Crippen LogP contribution in [-0.2, 0) is 9.53 Å². The molecule has 1 amide bonds. The normalized spacial score (nSPS) is 22.7. The average Bonchev–Trinajstić information content (AvgIpc) is 2.77. The second-order valence-corrected chi connectivity index (χ2v) is 4.28. The fourth-order valence-corrected chi connectivity index (χ4v) is 1.81. The van der Waals surface area contributed by atoms with Crippen molar-refractivity contribution < 1.29 is 9.53 Å². The van der Waals surface area contributed by atoms with Gasteiger partial charge in [0, 0.05) is 19.7 Å². The van der Waals surface area contributed by atoms with E-state index in [4.69, 9.17) is 10.5 Å². The van der Waals surface area contributed by atoms with Crippen LogP contribution in [0.15, 0.2) is 0 Å². The molecule has 0 saturated carbocycles. The monoisotopic (exact) mass is 214 g/mol. The van der Waals surface area contributed by atoms with Crippen LogP contribution >= 0.6 is 0 Å². The Balaban J connectivity index is 2.45. The summed E-state index contributed by atoms with van der Waals surface area (Å²) in [6.07, 6.45) is 0.867. The van der Waals surface area contributed by atoms with Crippen molar-refractivity contribution in [3.05, 3.63) is 0 Å². The molecule has 1 saturated heterocycles. The van der Waals surface area contributed by atoms with Gasteiger partial charge in [-0.3, -0.25) is 4.79 Å². The first-order chi connectivity index (χ1) is 7.19. The lowest BCUT2D eigenvalue weighted by Gasteiger charge is -2.26. The molecule has 2 atom stereocenters. The maximum atomic E-state index is 12.0. The number of amides is 1. The molecule has 0 aliphatic carbocycles. The van der Waals surface area contributed by atoms with E-state index >= 15 is 0 Å². The first kappa shape index (κ1) is 12.5. The molecule has 1 fully saturated rings. The number of hydrogen-bond acceptors (Lipinski definition) is 3. The lowest BCUT2D eigenvalue weighted by atomic mass is 10.1. The van der Waals surface area contributed by atoms with E-state index in [1.807, 2.05) is 11.8 Å². The van der Waals surface area contributed by atoms with E-state index in [2.05, 4.69) is 6.92 Å². The second-order valence-electron chi connectivity index (χ2n) is 4.28. The summed E-state index contributed by atoms with van der Waals surface area (Å²) in [5.41, 5.74) is 5.57. The van der Waals surface area contributed by atoms with Crippen molar-refractivity contribution in [2.24, 2.45) is 17.6 Å². The van der Waals surface area contributed by atoms with E-state index in [1.165, 1.54) is 0 Å². The number of nitrogens with two attached hydrogens (primary N) is 1. The first-order valence-corrected chi connectivity index (χ1v) is 5.75.